The number of rotatable bonds is 20. The highest BCUT2D eigenvalue weighted by Gasteiger charge is 2.29. The Morgan fingerprint density at radius 2 is 1.59 bits per heavy atom. The number of ether oxygens (including phenoxy) is 2. The van der Waals surface area contributed by atoms with Crippen LogP contribution < -0.4 is 42.6 Å². The molecule has 7 aromatic rings. The van der Waals surface area contributed by atoms with Crippen LogP contribution in [0.25, 0.3) is 27.9 Å². The van der Waals surface area contributed by atoms with Gasteiger partial charge in [0.15, 0.2) is 28.2 Å². The fourth-order valence-electron chi connectivity index (χ4n) is 7.57. The van der Waals surface area contributed by atoms with Crippen molar-refractivity contribution in [3.63, 3.8) is 0 Å². The maximum atomic E-state index is 13.2. The summed E-state index contributed by atoms with van der Waals surface area (Å²) in [5.41, 5.74) is 15.3. The monoisotopic (exact) mass is 1100 g/mol. The topological polar surface area (TPSA) is 276 Å². The molecule has 0 fully saturated rings. The normalized spacial score (nSPS) is 11.5. The van der Waals surface area contributed by atoms with Gasteiger partial charge in [-0.05, 0) is 93.6 Å². The molecule has 0 aliphatic rings. The van der Waals surface area contributed by atoms with E-state index in [1.54, 1.807) is 63.5 Å². The number of carbonyl (C=O) groups excluding carboxylic acids is 3. The molecule has 3 aromatic carbocycles. The van der Waals surface area contributed by atoms with E-state index in [-0.39, 0.29) is 71.9 Å². The van der Waals surface area contributed by atoms with Gasteiger partial charge in [-0.2, -0.15) is 15.1 Å². The number of hydrogen-bond acceptors (Lipinski definition) is 15. The Kier molecular flexibility index (Phi) is 22.3. The highest BCUT2D eigenvalue weighted by atomic mass is 35.5. The average Bonchev–Trinajstić information content (AvgIpc) is 3.73. The fraction of sp³-hybridized carbons (Fsp3) is 0.396. The summed E-state index contributed by atoms with van der Waals surface area (Å²) in [5.74, 6) is 0.696. The van der Waals surface area contributed by atoms with Gasteiger partial charge in [-0.25, -0.2) is 19.6 Å². The van der Waals surface area contributed by atoms with Gasteiger partial charge in [0.1, 0.15) is 22.6 Å². The lowest BCUT2D eigenvalue weighted by Crippen LogP contribution is -2.45. The molecule has 0 aliphatic heterocycles. The predicted molar refractivity (Wildman–Crippen MR) is 303 cm³/mol. The largest absolute Gasteiger partial charge is 0.478 e. The molecule has 0 saturated carbocycles. The minimum absolute atomic E-state index is 0. The summed E-state index contributed by atoms with van der Waals surface area (Å²) in [4.78, 5) is 76.1. The van der Waals surface area contributed by atoms with Crippen molar-refractivity contribution in [2.24, 2.45) is 0 Å². The Morgan fingerprint density at radius 1 is 0.921 bits per heavy atom. The average molecular weight is 1100 g/mol. The lowest BCUT2D eigenvalue weighted by atomic mass is 10.1. The van der Waals surface area contributed by atoms with Gasteiger partial charge in [-0.3, -0.25) is 19.2 Å². The van der Waals surface area contributed by atoms with Crippen LogP contribution >= 0.6 is 34.8 Å². The van der Waals surface area contributed by atoms with Crippen molar-refractivity contribution in [3.05, 3.63) is 121 Å². The maximum absolute atomic E-state index is 13.2. The Balaban J connectivity index is 0.000000320. The summed E-state index contributed by atoms with van der Waals surface area (Å²) in [5, 5.41) is 14.3. The zero-order chi connectivity index (χ0) is 53.9. The van der Waals surface area contributed by atoms with Crippen LogP contribution in [-0.2, 0) is 27.3 Å². The number of H-pyrrole nitrogens is 1. The minimum Gasteiger partial charge on any atom is -0.478 e. The van der Waals surface area contributed by atoms with Gasteiger partial charge in [0.25, 0.3) is 17.4 Å². The molecule has 0 unspecified atom stereocenters. The van der Waals surface area contributed by atoms with Crippen LogP contribution in [0.1, 0.15) is 115 Å². The summed E-state index contributed by atoms with van der Waals surface area (Å²) >= 11 is 19.0. The van der Waals surface area contributed by atoms with Gasteiger partial charge in [0.05, 0.1) is 40.8 Å². The first-order valence-electron chi connectivity index (χ1n) is 23.9. The molecule has 1 atom stereocenters. The smallest absolute Gasteiger partial charge is 0.263 e. The molecule has 3 amide bonds. The quantitative estimate of drug-likeness (QED) is 0.0390. The molecule has 4 aromatic heterocycles. The highest BCUT2D eigenvalue weighted by molar-refractivity contribution is 6.40. The second kappa shape index (κ2) is 27.6. The van der Waals surface area contributed by atoms with Gasteiger partial charge < -0.3 is 46.8 Å². The minimum atomic E-state index is -1.02. The van der Waals surface area contributed by atoms with Crippen molar-refractivity contribution in [2.75, 3.05) is 50.2 Å². The van der Waals surface area contributed by atoms with Crippen LogP contribution in [0.5, 0.6) is 5.75 Å². The molecular formula is C53H69Cl3N14O6. The van der Waals surface area contributed by atoms with Crippen molar-refractivity contribution in [1.29, 1.82) is 0 Å². The van der Waals surface area contributed by atoms with Crippen molar-refractivity contribution in [3.8, 4) is 11.4 Å². The molecule has 7 rings (SSSR count). The molecule has 23 heteroatoms. The first-order valence-corrected chi connectivity index (χ1v) is 25.0. The predicted octanol–water partition coefficient (Wildman–Crippen LogP) is 8.62. The second-order valence-electron chi connectivity index (χ2n) is 18.2. The second-order valence-corrected chi connectivity index (χ2v) is 19.4. The number of nitrogens with one attached hydrogen (secondary N) is 4. The number of hydrogen-bond donors (Lipinski definition) is 6. The highest BCUT2D eigenvalue weighted by Crippen LogP contribution is 2.35. The molecule has 0 saturated heterocycles. The number of anilines is 3. The summed E-state index contributed by atoms with van der Waals surface area (Å²) in [6.45, 7) is 13.3. The maximum Gasteiger partial charge on any atom is 0.263 e. The van der Waals surface area contributed by atoms with Crippen molar-refractivity contribution in [2.45, 2.75) is 106 Å². The van der Waals surface area contributed by atoms with E-state index >= 15 is 0 Å². The Hall–Kier alpha value is -7.13. The number of fused-ring (bicyclic) bond motifs is 2. The van der Waals surface area contributed by atoms with Gasteiger partial charge in [0.2, 0.25) is 11.9 Å². The summed E-state index contributed by atoms with van der Waals surface area (Å²) in [6, 6.07) is 17.5. The number of halogens is 3. The van der Waals surface area contributed by atoms with Crippen molar-refractivity contribution < 1.29 is 23.9 Å². The summed E-state index contributed by atoms with van der Waals surface area (Å²) in [7, 11) is 3.47. The zero-order valence-corrected chi connectivity index (χ0v) is 44.7. The van der Waals surface area contributed by atoms with Crippen molar-refractivity contribution >= 4 is 92.2 Å². The van der Waals surface area contributed by atoms with E-state index in [0.29, 0.717) is 107 Å². The number of amides is 3. The van der Waals surface area contributed by atoms with E-state index < -0.39 is 5.60 Å². The van der Waals surface area contributed by atoms with Crippen LogP contribution in [0.2, 0.25) is 15.1 Å². The van der Waals surface area contributed by atoms with Crippen LogP contribution in [0.3, 0.4) is 0 Å². The van der Waals surface area contributed by atoms with E-state index in [9.17, 15) is 19.2 Å². The Labute approximate surface area is 458 Å². The molecular weight excluding hydrogens is 1040 g/mol. The molecule has 0 bridgehead atoms. The fourth-order valence-corrected chi connectivity index (χ4v) is 8.55. The molecule has 408 valence electrons. The number of likely N-dealkylation sites (N-methyl/N-ethyl adjacent to an activating group) is 1. The van der Waals surface area contributed by atoms with Gasteiger partial charge >= 0.3 is 0 Å². The van der Waals surface area contributed by atoms with Gasteiger partial charge in [0, 0.05) is 62.4 Å². The van der Waals surface area contributed by atoms with Crippen LogP contribution in [-0.4, -0.2) is 103 Å². The lowest BCUT2D eigenvalue weighted by molar-refractivity contribution is -0.133. The summed E-state index contributed by atoms with van der Waals surface area (Å²) < 4.78 is 12.7. The molecule has 4 heterocycles. The number of nitrogen functional groups attached to an aromatic ring is 2. The van der Waals surface area contributed by atoms with E-state index in [0.717, 1.165) is 17.7 Å². The first-order chi connectivity index (χ1) is 35.2. The lowest BCUT2D eigenvalue weighted by Gasteiger charge is -2.24. The molecule has 0 aliphatic carbocycles. The Morgan fingerprint density at radius 3 is 2.22 bits per heavy atom. The third kappa shape index (κ3) is 16.0. The van der Waals surface area contributed by atoms with E-state index in [1.165, 1.54) is 4.68 Å². The van der Waals surface area contributed by atoms with E-state index in [4.69, 9.17) is 60.7 Å². The van der Waals surface area contributed by atoms with Crippen LogP contribution in [0.4, 0.5) is 17.5 Å². The SMILES string of the molecule is C.C.CCCOCCNC(=O)CC[C@@H](C)NC(=O)c1ccc(N(C)Cc2cnc3nc(N)nc(N)c3n2)cc1.CNC(=O)C(C)(C)Oc1ccc(Cc2nc3c(c(C(C)C)nn3-c3c(Cl)cc(Cl)cc3Cl)c(=O)[nH]2)cc1. The number of nitrogens with two attached hydrogens (primary N) is 2. The van der Waals surface area contributed by atoms with Gasteiger partial charge in [-0.15, -0.1) is 0 Å². The first kappa shape index (κ1) is 61.4. The van der Waals surface area contributed by atoms with E-state index in [2.05, 4.69) is 46.0 Å². The standard InChI is InChI=1S/C26H26Cl3N5O3.C25H35N9O3.2CH4/c1-13(2)21-20-23(34(33-21)22-17(28)11-15(27)12-18(22)29)31-19(32-24(20)35)10-14-6-8-16(9-7-14)37-26(3,4)25(36)30-5;1-4-12-37-13-11-28-20(35)10-5-16(2)30-24(36)17-6-8-19(9-7-17)34(3)15-18-14-29-23-21(31-18)22(26)32-25(27)33-23;;/h6-9,11-13H,10H2,1-5H3,(H,30,36)(H,31,32,35);6-9,14,16H,4-5,10-13,15H2,1-3H3,(H,28,35)(H,30,36)(H4,26,27,29,32,33);2*1H4/t;16-;;/m.1../s1. The number of aromatic nitrogens is 8. The Bertz CT molecular complexity index is 3150. The van der Waals surface area contributed by atoms with Crippen LogP contribution in [0.15, 0.2) is 71.7 Å². The van der Waals surface area contributed by atoms with Gasteiger partial charge in [-0.1, -0.05) is 82.6 Å². The van der Waals surface area contributed by atoms with Crippen molar-refractivity contribution in [1.82, 2.24) is 55.6 Å². The zero-order valence-electron chi connectivity index (χ0n) is 42.5. The number of nitrogens with zero attached hydrogens (tertiary/aromatic N) is 8. The summed E-state index contributed by atoms with van der Waals surface area (Å²) in [6.07, 6.45) is 3.79. The molecule has 0 spiro atoms. The molecule has 76 heavy (non-hydrogen) atoms. The number of aromatic amines is 1. The molecule has 20 nitrogen and oxygen atoms in total. The van der Waals surface area contributed by atoms with Crippen LogP contribution in [0, 0.1) is 0 Å². The molecule has 8 N–H and O–H groups in total. The third-order valence-corrected chi connectivity index (χ3v) is 12.2. The molecule has 0 radical (unpaired) electrons. The number of carbonyl (C=O) groups is 3. The third-order valence-electron chi connectivity index (χ3n) is 11.4. The van der Waals surface area contributed by atoms with E-state index in [1.807, 2.05) is 63.9 Å². The number of benzene rings is 3.